The summed E-state index contributed by atoms with van der Waals surface area (Å²) in [6.45, 7) is 0. The van der Waals surface area contributed by atoms with E-state index in [1.165, 1.54) is 18.4 Å². The molecule has 2 rings (SSSR count). The van der Waals surface area contributed by atoms with Crippen molar-refractivity contribution >= 4 is 33.3 Å². The van der Waals surface area contributed by atoms with Crippen LogP contribution < -0.4 is 0 Å². The molecule has 0 radical (unpaired) electrons. The Kier molecular flexibility index (Phi) is 4.03. The van der Waals surface area contributed by atoms with Crippen molar-refractivity contribution in [3.63, 3.8) is 0 Å². The number of carbonyl (C=O) groups is 1. The molecule has 0 aliphatic carbocycles. The van der Waals surface area contributed by atoms with E-state index < -0.39 is 17.5 Å². The fourth-order valence-corrected chi connectivity index (χ4v) is 2.34. The molecule has 3 nitrogen and oxygen atoms in total. The Balaban J connectivity index is 2.44. The minimum Gasteiger partial charge on any atom is -0.457 e. The third kappa shape index (κ3) is 2.70. The number of hydrogen-bond donors (Lipinski definition) is 0. The highest BCUT2D eigenvalue weighted by atomic mass is 79.9. The van der Waals surface area contributed by atoms with Gasteiger partial charge in [0.15, 0.2) is 10.5 Å². The highest BCUT2D eigenvalue weighted by Gasteiger charge is 2.26. The van der Waals surface area contributed by atoms with Gasteiger partial charge in [-0.1, -0.05) is 17.7 Å². The van der Waals surface area contributed by atoms with Gasteiger partial charge in [0.1, 0.15) is 11.7 Å². The average Bonchev–Trinajstić information content (AvgIpc) is 2.78. The van der Waals surface area contributed by atoms with Crippen molar-refractivity contribution in [1.82, 2.24) is 0 Å². The molecule has 1 heterocycles. The number of carbonyl (C=O) groups excluding carboxylic acids is 1. The molecule has 0 saturated carbocycles. The second-order valence-corrected chi connectivity index (χ2v) is 4.83. The smallest absolute Gasteiger partial charge is 0.188 e. The highest BCUT2D eigenvalue weighted by molar-refractivity contribution is 9.10. The Labute approximate surface area is 121 Å². The maximum atomic E-state index is 13.0. The summed E-state index contributed by atoms with van der Waals surface area (Å²) in [7, 11) is 0. The van der Waals surface area contributed by atoms with E-state index in [-0.39, 0.29) is 20.8 Å². The molecular formula is C13H6BrClFNO2. The molecule has 1 aromatic carbocycles. The first-order chi connectivity index (χ1) is 9.04. The molecule has 0 bridgehead atoms. The van der Waals surface area contributed by atoms with Crippen LogP contribution in [0.15, 0.2) is 39.6 Å². The van der Waals surface area contributed by atoms with Gasteiger partial charge in [-0.05, 0) is 39.7 Å². The fraction of sp³-hybridized carbons (Fsp3) is 0.0769. The quantitative estimate of drug-likeness (QED) is 0.780. The Morgan fingerprint density at radius 3 is 2.74 bits per heavy atom. The maximum Gasteiger partial charge on any atom is 0.188 e. The lowest BCUT2D eigenvalue weighted by Gasteiger charge is -2.09. The van der Waals surface area contributed by atoms with Crippen LogP contribution >= 0.6 is 27.5 Å². The number of hydrogen-bond acceptors (Lipinski definition) is 3. The summed E-state index contributed by atoms with van der Waals surface area (Å²) in [5.41, 5.74) is 0.510. The summed E-state index contributed by atoms with van der Waals surface area (Å²) < 4.78 is 18.2. The zero-order valence-electron chi connectivity index (χ0n) is 9.36. The highest BCUT2D eigenvalue weighted by Crippen LogP contribution is 2.30. The van der Waals surface area contributed by atoms with Crippen LogP contribution in [-0.4, -0.2) is 5.78 Å². The van der Waals surface area contributed by atoms with Crippen LogP contribution in [0.4, 0.5) is 4.39 Å². The van der Waals surface area contributed by atoms with Gasteiger partial charge in [-0.3, -0.25) is 4.79 Å². The molecule has 6 heteroatoms. The summed E-state index contributed by atoms with van der Waals surface area (Å²) in [5, 5.41) is 9.21. The lowest BCUT2D eigenvalue weighted by molar-refractivity contribution is 0.0977. The SMILES string of the molecule is N#CC(C(=O)c1ccoc1Br)c1ccc(F)cc1Cl. The Hall–Kier alpha value is -1.64. The lowest BCUT2D eigenvalue weighted by atomic mass is 9.93. The van der Waals surface area contributed by atoms with E-state index in [4.69, 9.17) is 21.3 Å². The van der Waals surface area contributed by atoms with E-state index in [9.17, 15) is 9.18 Å². The van der Waals surface area contributed by atoms with Crippen molar-refractivity contribution < 1.29 is 13.6 Å². The number of furan rings is 1. The van der Waals surface area contributed by atoms with E-state index in [0.29, 0.717) is 0 Å². The predicted octanol–water partition coefficient (Wildman–Crippen LogP) is 4.32. The summed E-state index contributed by atoms with van der Waals surface area (Å²) in [5.74, 6) is -2.10. The lowest BCUT2D eigenvalue weighted by Crippen LogP contribution is -2.11. The van der Waals surface area contributed by atoms with Crippen LogP contribution in [0.1, 0.15) is 21.8 Å². The summed E-state index contributed by atoms with van der Waals surface area (Å²) in [4.78, 5) is 12.2. The van der Waals surface area contributed by atoms with Crippen molar-refractivity contribution in [2.45, 2.75) is 5.92 Å². The monoisotopic (exact) mass is 341 g/mol. The molecule has 0 aliphatic rings. The van der Waals surface area contributed by atoms with E-state index in [0.717, 1.165) is 12.1 Å². The Morgan fingerprint density at radius 1 is 1.47 bits per heavy atom. The number of halogens is 3. The van der Waals surface area contributed by atoms with Crippen LogP contribution in [0, 0.1) is 17.1 Å². The topological polar surface area (TPSA) is 54.0 Å². The molecule has 0 amide bonds. The van der Waals surface area contributed by atoms with Gasteiger partial charge >= 0.3 is 0 Å². The van der Waals surface area contributed by atoms with Crippen LogP contribution in [0.2, 0.25) is 5.02 Å². The van der Waals surface area contributed by atoms with Gasteiger partial charge in [-0.25, -0.2) is 4.39 Å². The summed E-state index contributed by atoms with van der Waals surface area (Å²) in [6.07, 6.45) is 1.33. The first-order valence-electron chi connectivity index (χ1n) is 5.16. The standard InChI is InChI=1S/C13H6BrClFNO2/c14-13-9(3-4-19-13)12(18)10(6-17)8-2-1-7(16)5-11(8)15/h1-5,10H. The van der Waals surface area contributed by atoms with Gasteiger partial charge in [-0.2, -0.15) is 5.26 Å². The van der Waals surface area contributed by atoms with Crippen molar-refractivity contribution in [3.8, 4) is 6.07 Å². The number of ketones is 1. The van der Waals surface area contributed by atoms with Crippen LogP contribution in [0.25, 0.3) is 0 Å². The number of Topliss-reactive ketones (excluding diaryl/α,β-unsaturated/α-hetero) is 1. The van der Waals surface area contributed by atoms with Gasteiger partial charge in [0.05, 0.1) is 17.9 Å². The molecule has 0 N–H and O–H groups in total. The van der Waals surface area contributed by atoms with Crippen molar-refractivity contribution in [3.05, 3.63) is 57.2 Å². The zero-order valence-corrected chi connectivity index (χ0v) is 11.7. The predicted molar refractivity (Wildman–Crippen MR) is 70.5 cm³/mol. The molecule has 2 aromatic rings. The average molecular weight is 343 g/mol. The van der Waals surface area contributed by atoms with E-state index in [2.05, 4.69) is 15.9 Å². The molecule has 0 saturated heterocycles. The van der Waals surface area contributed by atoms with E-state index in [1.54, 1.807) is 0 Å². The first-order valence-corrected chi connectivity index (χ1v) is 6.33. The molecule has 0 aliphatic heterocycles. The third-order valence-corrected chi connectivity index (χ3v) is 3.49. The van der Waals surface area contributed by atoms with Gasteiger partial charge < -0.3 is 4.42 Å². The van der Waals surface area contributed by atoms with E-state index in [1.807, 2.05) is 6.07 Å². The van der Waals surface area contributed by atoms with Gasteiger partial charge in [-0.15, -0.1) is 0 Å². The minimum absolute atomic E-state index is 0.0412. The molecule has 0 fully saturated rings. The normalized spacial score (nSPS) is 11.9. The third-order valence-electron chi connectivity index (χ3n) is 2.55. The molecule has 1 unspecified atom stereocenters. The van der Waals surface area contributed by atoms with Crippen LogP contribution in [0.3, 0.4) is 0 Å². The molecule has 0 spiro atoms. The summed E-state index contributed by atoms with van der Waals surface area (Å²) in [6, 6.07) is 6.88. The molecule has 1 aromatic heterocycles. The largest absolute Gasteiger partial charge is 0.457 e. The van der Waals surface area contributed by atoms with Crippen molar-refractivity contribution in [1.29, 1.82) is 5.26 Å². The second kappa shape index (κ2) is 5.55. The Bertz CT molecular complexity index is 678. The molecule has 19 heavy (non-hydrogen) atoms. The van der Waals surface area contributed by atoms with Crippen molar-refractivity contribution in [2.24, 2.45) is 0 Å². The molecular weight excluding hydrogens is 337 g/mol. The maximum absolute atomic E-state index is 13.0. The minimum atomic E-state index is -1.11. The van der Waals surface area contributed by atoms with Gasteiger partial charge in [0.25, 0.3) is 0 Å². The second-order valence-electron chi connectivity index (χ2n) is 3.70. The van der Waals surface area contributed by atoms with Gasteiger partial charge in [0, 0.05) is 5.02 Å². The number of nitrogens with zero attached hydrogens (tertiary/aromatic N) is 1. The fourth-order valence-electron chi connectivity index (χ4n) is 1.63. The first kappa shape index (κ1) is 13.8. The summed E-state index contributed by atoms with van der Waals surface area (Å²) >= 11 is 8.95. The number of benzene rings is 1. The van der Waals surface area contributed by atoms with Crippen LogP contribution in [-0.2, 0) is 0 Å². The van der Waals surface area contributed by atoms with E-state index >= 15 is 0 Å². The van der Waals surface area contributed by atoms with Gasteiger partial charge in [0.2, 0.25) is 0 Å². The zero-order chi connectivity index (χ0) is 14.0. The van der Waals surface area contributed by atoms with Crippen molar-refractivity contribution in [2.75, 3.05) is 0 Å². The number of nitriles is 1. The number of rotatable bonds is 3. The van der Waals surface area contributed by atoms with Crippen LogP contribution in [0.5, 0.6) is 0 Å². The molecule has 1 atom stereocenters. The molecule has 96 valence electrons. The Morgan fingerprint density at radius 2 is 2.21 bits per heavy atom.